The Labute approximate surface area is 120 Å². The predicted molar refractivity (Wildman–Crippen MR) is 70.8 cm³/mol. The summed E-state index contributed by atoms with van der Waals surface area (Å²) in [4.78, 5) is -0.772. The van der Waals surface area contributed by atoms with E-state index in [4.69, 9.17) is 11.6 Å². The third kappa shape index (κ3) is 1.99. The van der Waals surface area contributed by atoms with Gasteiger partial charge in [-0.15, -0.1) is 16.7 Å². The highest BCUT2D eigenvalue weighted by molar-refractivity contribution is 6.26. The summed E-state index contributed by atoms with van der Waals surface area (Å²) < 4.78 is 15.5. The third-order valence-electron chi connectivity index (χ3n) is 3.96. The van der Waals surface area contributed by atoms with E-state index < -0.39 is 22.3 Å². The summed E-state index contributed by atoms with van der Waals surface area (Å²) in [5, 5.41) is 21.9. The van der Waals surface area contributed by atoms with Gasteiger partial charge in [0.15, 0.2) is 0 Å². The Bertz CT molecular complexity index is 613. The minimum Gasteiger partial charge on any atom is -0.386 e. The van der Waals surface area contributed by atoms with E-state index in [1.165, 1.54) is 17.1 Å². The van der Waals surface area contributed by atoms with E-state index in [-0.39, 0.29) is 0 Å². The van der Waals surface area contributed by atoms with Gasteiger partial charge in [0.2, 0.25) is 0 Å². The van der Waals surface area contributed by atoms with Crippen LogP contribution in [0.25, 0.3) is 0 Å². The van der Waals surface area contributed by atoms with Crippen molar-refractivity contribution in [3.8, 4) is 0 Å². The standard InChI is InChI=1S/C13H14ClFN4O/c1-12(20,13(14)6-7-13)11(19-8-16-17-18-19)9-4-2-3-5-10(9)15/h2-5,8,11,20H,6-7H2,1H3. The van der Waals surface area contributed by atoms with Crippen LogP contribution in [0.1, 0.15) is 31.4 Å². The topological polar surface area (TPSA) is 63.8 Å². The molecule has 0 radical (unpaired) electrons. The lowest BCUT2D eigenvalue weighted by Crippen LogP contribution is -2.47. The number of nitrogens with zero attached hydrogens (tertiary/aromatic N) is 4. The van der Waals surface area contributed by atoms with Gasteiger partial charge in [-0.1, -0.05) is 18.2 Å². The highest BCUT2D eigenvalue weighted by atomic mass is 35.5. The zero-order valence-electron chi connectivity index (χ0n) is 10.9. The van der Waals surface area contributed by atoms with Crippen LogP contribution in [0.3, 0.4) is 0 Å². The van der Waals surface area contributed by atoms with Crippen molar-refractivity contribution in [3.05, 3.63) is 42.0 Å². The molecule has 2 atom stereocenters. The quantitative estimate of drug-likeness (QED) is 0.876. The molecule has 3 rings (SSSR count). The van der Waals surface area contributed by atoms with Gasteiger partial charge in [-0.2, -0.15) is 0 Å². The maximum absolute atomic E-state index is 14.1. The van der Waals surface area contributed by atoms with Crippen LogP contribution in [-0.4, -0.2) is 35.8 Å². The highest BCUT2D eigenvalue weighted by Crippen LogP contribution is 2.55. The van der Waals surface area contributed by atoms with E-state index in [0.29, 0.717) is 18.4 Å². The maximum Gasteiger partial charge on any atom is 0.138 e. The average molecular weight is 297 g/mol. The van der Waals surface area contributed by atoms with E-state index in [1.807, 2.05) is 0 Å². The predicted octanol–water partition coefficient (Wildman–Crippen LogP) is 1.92. The zero-order valence-corrected chi connectivity index (χ0v) is 11.6. The fraction of sp³-hybridized carbons (Fsp3) is 0.462. The monoisotopic (exact) mass is 296 g/mol. The van der Waals surface area contributed by atoms with Crippen LogP contribution in [0, 0.1) is 5.82 Å². The molecule has 0 bridgehead atoms. The second-order valence-corrected chi connectivity index (χ2v) is 6.05. The number of aliphatic hydroxyl groups is 1. The number of aromatic nitrogens is 4. The molecule has 0 aliphatic heterocycles. The van der Waals surface area contributed by atoms with Gasteiger partial charge in [0, 0.05) is 5.56 Å². The first kappa shape index (κ1) is 13.5. The number of tetrazole rings is 1. The molecule has 1 aliphatic rings. The van der Waals surface area contributed by atoms with Crippen molar-refractivity contribution in [1.29, 1.82) is 0 Å². The fourth-order valence-electron chi connectivity index (χ4n) is 2.55. The molecule has 1 aliphatic carbocycles. The van der Waals surface area contributed by atoms with E-state index in [0.717, 1.165) is 0 Å². The van der Waals surface area contributed by atoms with Crippen molar-refractivity contribution >= 4 is 11.6 Å². The van der Waals surface area contributed by atoms with Crippen molar-refractivity contribution in [3.63, 3.8) is 0 Å². The molecule has 0 spiro atoms. The van der Waals surface area contributed by atoms with Gasteiger partial charge in [0.25, 0.3) is 0 Å². The number of rotatable bonds is 4. The molecule has 1 aromatic heterocycles. The van der Waals surface area contributed by atoms with Gasteiger partial charge in [0.05, 0.1) is 4.87 Å². The molecule has 7 heteroatoms. The third-order valence-corrected chi connectivity index (χ3v) is 4.72. The van der Waals surface area contributed by atoms with Crippen molar-refractivity contribution in [2.75, 3.05) is 0 Å². The second kappa shape index (κ2) is 4.49. The summed E-state index contributed by atoms with van der Waals surface area (Å²) in [6.07, 6.45) is 2.71. The summed E-state index contributed by atoms with van der Waals surface area (Å²) in [6, 6.07) is 5.48. The molecule has 5 nitrogen and oxygen atoms in total. The Balaban J connectivity index is 2.13. The SMILES string of the molecule is CC(O)(C(c1ccccc1F)n1cnnn1)C1(Cl)CC1. The van der Waals surface area contributed by atoms with Crippen LogP contribution in [0.15, 0.2) is 30.6 Å². The average Bonchev–Trinajstić information content (AvgIpc) is 2.97. The smallest absolute Gasteiger partial charge is 0.138 e. The largest absolute Gasteiger partial charge is 0.386 e. The van der Waals surface area contributed by atoms with Crippen LogP contribution >= 0.6 is 11.6 Å². The van der Waals surface area contributed by atoms with Crippen molar-refractivity contribution in [2.45, 2.75) is 36.3 Å². The molecular weight excluding hydrogens is 283 g/mol. The molecule has 1 saturated carbocycles. The Morgan fingerprint density at radius 1 is 1.45 bits per heavy atom. The second-order valence-electron chi connectivity index (χ2n) is 5.33. The maximum atomic E-state index is 14.1. The minimum atomic E-state index is -1.37. The van der Waals surface area contributed by atoms with Crippen LogP contribution in [-0.2, 0) is 0 Å². The van der Waals surface area contributed by atoms with Crippen LogP contribution < -0.4 is 0 Å². The normalized spacial score (nSPS) is 21.2. The first-order valence-electron chi connectivity index (χ1n) is 6.34. The molecule has 0 amide bonds. The molecule has 0 saturated heterocycles. The summed E-state index contributed by atoms with van der Waals surface area (Å²) in [6.45, 7) is 1.60. The number of hydrogen-bond acceptors (Lipinski definition) is 4. The highest BCUT2D eigenvalue weighted by Gasteiger charge is 2.60. The number of benzene rings is 1. The lowest BCUT2D eigenvalue weighted by atomic mass is 9.85. The molecule has 1 aromatic carbocycles. The Hall–Kier alpha value is -1.53. The lowest BCUT2D eigenvalue weighted by Gasteiger charge is -2.36. The van der Waals surface area contributed by atoms with Gasteiger partial charge in [0.1, 0.15) is 23.8 Å². The zero-order chi connectivity index (χ0) is 14.4. The molecule has 20 heavy (non-hydrogen) atoms. The van der Waals surface area contributed by atoms with E-state index in [9.17, 15) is 9.50 Å². The summed E-state index contributed by atoms with van der Waals surface area (Å²) >= 11 is 6.40. The molecule has 1 fully saturated rings. The molecule has 2 unspecified atom stereocenters. The van der Waals surface area contributed by atoms with Crippen molar-refractivity contribution in [1.82, 2.24) is 20.2 Å². The van der Waals surface area contributed by atoms with Crippen LogP contribution in [0.4, 0.5) is 4.39 Å². The molecule has 106 valence electrons. The van der Waals surface area contributed by atoms with E-state index in [2.05, 4.69) is 15.5 Å². The molecular formula is C13H14ClFN4O. The molecule has 1 heterocycles. The number of hydrogen-bond donors (Lipinski definition) is 1. The van der Waals surface area contributed by atoms with Crippen molar-refractivity contribution in [2.24, 2.45) is 0 Å². The van der Waals surface area contributed by atoms with Gasteiger partial charge >= 0.3 is 0 Å². The first-order chi connectivity index (χ1) is 9.46. The molecule has 1 N–H and O–H groups in total. The fourth-order valence-corrected chi connectivity index (χ4v) is 2.75. The van der Waals surface area contributed by atoms with E-state index >= 15 is 0 Å². The summed E-state index contributed by atoms with van der Waals surface area (Å²) in [5.41, 5.74) is -1.05. The Kier molecular flexibility index (Phi) is 3.02. The minimum absolute atomic E-state index is 0.316. The summed E-state index contributed by atoms with van der Waals surface area (Å²) in [5.74, 6) is -0.422. The summed E-state index contributed by atoms with van der Waals surface area (Å²) in [7, 11) is 0. The Morgan fingerprint density at radius 2 is 2.15 bits per heavy atom. The van der Waals surface area contributed by atoms with Gasteiger partial charge < -0.3 is 5.11 Å². The van der Waals surface area contributed by atoms with E-state index in [1.54, 1.807) is 25.1 Å². The van der Waals surface area contributed by atoms with Crippen LogP contribution in [0.2, 0.25) is 0 Å². The van der Waals surface area contributed by atoms with Gasteiger partial charge in [-0.3, -0.25) is 0 Å². The number of halogens is 2. The Morgan fingerprint density at radius 3 is 2.70 bits per heavy atom. The lowest BCUT2D eigenvalue weighted by molar-refractivity contribution is 0.00267. The van der Waals surface area contributed by atoms with Crippen molar-refractivity contribution < 1.29 is 9.50 Å². The van der Waals surface area contributed by atoms with Gasteiger partial charge in [-0.25, -0.2) is 9.07 Å². The van der Waals surface area contributed by atoms with Gasteiger partial charge in [-0.05, 0) is 36.3 Å². The van der Waals surface area contributed by atoms with Crippen LogP contribution in [0.5, 0.6) is 0 Å². The first-order valence-corrected chi connectivity index (χ1v) is 6.72. The molecule has 2 aromatic rings. The number of alkyl halides is 1.